The van der Waals surface area contributed by atoms with Gasteiger partial charge in [0.05, 0.1) is 0 Å². The van der Waals surface area contributed by atoms with Crippen molar-refractivity contribution in [2.45, 2.75) is 44.6 Å². The van der Waals surface area contributed by atoms with Crippen molar-refractivity contribution in [2.75, 3.05) is 13.6 Å². The molecule has 110 valence electrons. The molecule has 1 aromatic carbocycles. The second-order valence-corrected chi connectivity index (χ2v) is 5.89. The molecule has 1 aliphatic carbocycles. The van der Waals surface area contributed by atoms with E-state index in [1.54, 1.807) is 0 Å². The zero-order valence-electron chi connectivity index (χ0n) is 12.6. The maximum Gasteiger partial charge on any atom is 0.223 e. The molecular formula is C17H26N2O. The van der Waals surface area contributed by atoms with Crippen LogP contribution in [0, 0.1) is 5.92 Å². The van der Waals surface area contributed by atoms with Crippen molar-refractivity contribution in [1.29, 1.82) is 0 Å². The predicted octanol–water partition coefficient (Wildman–Crippen LogP) is 2.68. The number of benzene rings is 1. The maximum absolute atomic E-state index is 12.1. The van der Waals surface area contributed by atoms with Crippen molar-refractivity contribution < 1.29 is 4.79 Å². The Labute approximate surface area is 122 Å². The average molecular weight is 274 g/mol. The Morgan fingerprint density at radius 3 is 2.45 bits per heavy atom. The van der Waals surface area contributed by atoms with Gasteiger partial charge in [-0.1, -0.05) is 30.3 Å². The van der Waals surface area contributed by atoms with Crippen LogP contribution in [0.3, 0.4) is 0 Å². The van der Waals surface area contributed by atoms with Gasteiger partial charge in [0.25, 0.3) is 0 Å². The number of likely N-dealkylation sites (N-methyl/N-ethyl adjacent to an activating group) is 1. The van der Waals surface area contributed by atoms with Crippen LogP contribution in [0.15, 0.2) is 30.3 Å². The van der Waals surface area contributed by atoms with Gasteiger partial charge in [-0.3, -0.25) is 4.79 Å². The molecule has 1 aliphatic rings. The zero-order chi connectivity index (χ0) is 14.4. The summed E-state index contributed by atoms with van der Waals surface area (Å²) in [6, 6.07) is 11.0. The molecule has 1 saturated carbocycles. The number of amides is 1. The first kappa shape index (κ1) is 15.0. The Bertz CT molecular complexity index is 410. The number of rotatable bonds is 5. The van der Waals surface area contributed by atoms with E-state index < -0.39 is 0 Å². The molecule has 1 fully saturated rings. The Balaban J connectivity index is 1.78. The summed E-state index contributed by atoms with van der Waals surface area (Å²) < 4.78 is 0. The minimum absolute atomic E-state index is 0.207. The molecule has 0 heterocycles. The van der Waals surface area contributed by atoms with Gasteiger partial charge in [0.2, 0.25) is 5.91 Å². The van der Waals surface area contributed by atoms with Crippen LogP contribution in [0.1, 0.15) is 44.1 Å². The van der Waals surface area contributed by atoms with E-state index >= 15 is 0 Å². The SMILES string of the molecule is CNC(C)CNC(=O)C1CCC(c2ccccc2)CC1. The third-order valence-corrected chi connectivity index (χ3v) is 4.44. The minimum atomic E-state index is 0.207. The summed E-state index contributed by atoms with van der Waals surface area (Å²) in [7, 11) is 1.92. The monoisotopic (exact) mass is 274 g/mol. The normalized spacial score (nSPS) is 24.1. The van der Waals surface area contributed by atoms with Crippen LogP contribution in [0.4, 0.5) is 0 Å². The Morgan fingerprint density at radius 2 is 1.85 bits per heavy atom. The molecule has 0 bridgehead atoms. The van der Waals surface area contributed by atoms with Crippen molar-refractivity contribution in [1.82, 2.24) is 10.6 Å². The van der Waals surface area contributed by atoms with Crippen molar-refractivity contribution in [3.8, 4) is 0 Å². The lowest BCUT2D eigenvalue weighted by Gasteiger charge is -2.28. The molecule has 0 aliphatic heterocycles. The molecule has 1 aromatic rings. The first-order valence-electron chi connectivity index (χ1n) is 7.70. The lowest BCUT2D eigenvalue weighted by Crippen LogP contribution is -2.40. The highest BCUT2D eigenvalue weighted by Gasteiger charge is 2.26. The molecule has 0 aromatic heterocycles. The molecule has 3 nitrogen and oxygen atoms in total. The Kier molecular flexibility index (Phi) is 5.60. The Hall–Kier alpha value is -1.35. The van der Waals surface area contributed by atoms with E-state index in [1.165, 1.54) is 5.56 Å². The first-order valence-corrected chi connectivity index (χ1v) is 7.70. The van der Waals surface area contributed by atoms with E-state index in [1.807, 2.05) is 7.05 Å². The molecule has 2 rings (SSSR count). The van der Waals surface area contributed by atoms with Gasteiger partial charge in [-0.2, -0.15) is 0 Å². The molecule has 1 unspecified atom stereocenters. The molecule has 20 heavy (non-hydrogen) atoms. The highest BCUT2D eigenvalue weighted by Crippen LogP contribution is 2.35. The third kappa shape index (κ3) is 4.07. The summed E-state index contributed by atoms with van der Waals surface area (Å²) >= 11 is 0. The number of carbonyl (C=O) groups is 1. The summed E-state index contributed by atoms with van der Waals surface area (Å²) in [5.74, 6) is 1.08. The van der Waals surface area contributed by atoms with Gasteiger partial charge in [0, 0.05) is 18.5 Å². The Morgan fingerprint density at radius 1 is 1.20 bits per heavy atom. The third-order valence-electron chi connectivity index (χ3n) is 4.44. The zero-order valence-corrected chi connectivity index (χ0v) is 12.6. The van der Waals surface area contributed by atoms with Gasteiger partial charge in [-0.25, -0.2) is 0 Å². The highest BCUT2D eigenvalue weighted by atomic mass is 16.1. The van der Waals surface area contributed by atoms with E-state index in [9.17, 15) is 4.79 Å². The molecule has 3 heteroatoms. The fourth-order valence-electron chi connectivity index (χ4n) is 2.91. The molecule has 0 spiro atoms. The minimum Gasteiger partial charge on any atom is -0.354 e. The fraction of sp³-hybridized carbons (Fsp3) is 0.588. The molecular weight excluding hydrogens is 248 g/mol. The van der Waals surface area contributed by atoms with Crippen molar-refractivity contribution in [2.24, 2.45) is 5.92 Å². The van der Waals surface area contributed by atoms with Crippen LogP contribution < -0.4 is 10.6 Å². The highest BCUT2D eigenvalue weighted by molar-refractivity contribution is 5.78. The van der Waals surface area contributed by atoms with E-state index in [-0.39, 0.29) is 11.8 Å². The van der Waals surface area contributed by atoms with Gasteiger partial charge in [0.1, 0.15) is 0 Å². The summed E-state index contributed by atoms with van der Waals surface area (Å²) in [5.41, 5.74) is 1.43. The van der Waals surface area contributed by atoms with Crippen molar-refractivity contribution in [3.63, 3.8) is 0 Å². The van der Waals surface area contributed by atoms with Gasteiger partial charge in [-0.05, 0) is 51.1 Å². The number of carbonyl (C=O) groups excluding carboxylic acids is 1. The molecule has 1 atom stereocenters. The lowest BCUT2D eigenvalue weighted by atomic mass is 9.78. The fourth-order valence-corrected chi connectivity index (χ4v) is 2.91. The van der Waals surface area contributed by atoms with Gasteiger partial charge in [0.15, 0.2) is 0 Å². The maximum atomic E-state index is 12.1. The van der Waals surface area contributed by atoms with Crippen LogP contribution in [-0.2, 0) is 4.79 Å². The first-order chi connectivity index (χ1) is 9.70. The number of hydrogen-bond donors (Lipinski definition) is 2. The number of hydrogen-bond acceptors (Lipinski definition) is 2. The van der Waals surface area contributed by atoms with Crippen molar-refractivity contribution >= 4 is 5.91 Å². The molecule has 0 radical (unpaired) electrons. The quantitative estimate of drug-likeness (QED) is 0.867. The van der Waals surface area contributed by atoms with E-state index in [0.29, 0.717) is 18.5 Å². The summed E-state index contributed by atoms with van der Waals surface area (Å²) in [4.78, 5) is 12.1. The summed E-state index contributed by atoms with van der Waals surface area (Å²) in [6.45, 7) is 2.79. The van der Waals surface area contributed by atoms with Crippen LogP contribution >= 0.6 is 0 Å². The topological polar surface area (TPSA) is 41.1 Å². The van der Waals surface area contributed by atoms with Gasteiger partial charge in [-0.15, -0.1) is 0 Å². The number of nitrogens with one attached hydrogen (secondary N) is 2. The second kappa shape index (κ2) is 7.44. The van der Waals surface area contributed by atoms with Crippen LogP contribution in [0.2, 0.25) is 0 Å². The predicted molar refractivity (Wildman–Crippen MR) is 82.7 cm³/mol. The standard InChI is InChI=1S/C17H26N2O/c1-13(18-2)12-19-17(20)16-10-8-15(9-11-16)14-6-4-3-5-7-14/h3-7,13,15-16,18H,8-12H2,1-2H3,(H,19,20). The van der Waals surface area contributed by atoms with E-state index in [4.69, 9.17) is 0 Å². The molecule has 1 amide bonds. The van der Waals surface area contributed by atoms with Crippen LogP contribution in [-0.4, -0.2) is 25.5 Å². The molecule has 2 N–H and O–H groups in total. The second-order valence-electron chi connectivity index (χ2n) is 5.89. The van der Waals surface area contributed by atoms with E-state index in [0.717, 1.165) is 25.7 Å². The van der Waals surface area contributed by atoms with Gasteiger partial charge < -0.3 is 10.6 Å². The average Bonchev–Trinajstić information content (AvgIpc) is 2.53. The van der Waals surface area contributed by atoms with E-state index in [2.05, 4.69) is 47.9 Å². The summed E-state index contributed by atoms with van der Waals surface area (Å²) in [6.07, 6.45) is 4.28. The summed E-state index contributed by atoms with van der Waals surface area (Å²) in [5, 5.41) is 6.19. The van der Waals surface area contributed by atoms with Crippen LogP contribution in [0.5, 0.6) is 0 Å². The van der Waals surface area contributed by atoms with Crippen molar-refractivity contribution in [3.05, 3.63) is 35.9 Å². The smallest absolute Gasteiger partial charge is 0.223 e. The van der Waals surface area contributed by atoms with Gasteiger partial charge >= 0.3 is 0 Å². The van der Waals surface area contributed by atoms with Crippen LogP contribution in [0.25, 0.3) is 0 Å². The lowest BCUT2D eigenvalue weighted by molar-refractivity contribution is -0.126. The molecule has 0 saturated heterocycles. The largest absolute Gasteiger partial charge is 0.354 e.